The Morgan fingerprint density at radius 2 is 2.20 bits per heavy atom. The summed E-state index contributed by atoms with van der Waals surface area (Å²) in [7, 11) is 1.61. The normalized spacial score (nSPS) is 12.4. The van der Waals surface area contributed by atoms with Gasteiger partial charge < -0.3 is 10.1 Å². The summed E-state index contributed by atoms with van der Waals surface area (Å²) < 4.78 is 5.01. The van der Waals surface area contributed by atoms with Crippen molar-refractivity contribution in [1.82, 2.24) is 10.3 Å². The molecule has 20 heavy (non-hydrogen) atoms. The van der Waals surface area contributed by atoms with Crippen molar-refractivity contribution in [3.05, 3.63) is 40.5 Å². The van der Waals surface area contributed by atoms with Gasteiger partial charge in [0.05, 0.1) is 23.4 Å². The Morgan fingerprint density at radius 1 is 1.45 bits per heavy atom. The van der Waals surface area contributed by atoms with E-state index in [1.54, 1.807) is 19.2 Å². The van der Waals surface area contributed by atoms with Crippen molar-refractivity contribution in [1.29, 1.82) is 0 Å². The van der Waals surface area contributed by atoms with Crippen molar-refractivity contribution >= 4 is 28.4 Å². The van der Waals surface area contributed by atoms with Gasteiger partial charge in [-0.05, 0) is 32.0 Å². The minimum Gasteiger partial charge on any atom is -0.383 e. The number of carbonyl (C=O) groups is 1. The number of methoxy groups -OCH3 is 1. The zero-order chi connectivity index (χ0) is 14.7. The van der Waals surface area contributed by atoms with Crippen LogP contribution in [0.15, 0.2) is 24.3 Å². The van der Waals surface area contributed by atoms with Crippen molar-refractivity contribution in [3.8, 4) is 0 Å². The first-order valence-electron chi connectivity index (χ1n) is 6.38. The SMILES string of the molecule is COCC(C)NC(=O)c1cc2ccc(Cl)cc2nc1C. The molecular formula is C15H17ClN2O2. The fraction of sp³-hybridized carbons (Fsp3) is 0.333. The van der Waals surface area contributed by atoms with Crippen LogP contribution in [0.2, 0.25) is 5.02 Å². The number of pyridine rings is 1. The number of benzene rings is 1. The molecule has 0 radical (unpaired) electrons. The molecule has 0 saturated heterocycles. The minimum atomic E-state index is -0.142. The molecule has 2 aromatic rings. The second-order valence-electron chi connectivity index (χ2n) is 4.79. The highest BCUT2D eigenvalue weighted by Gasteiger charge is 2.14. The number of amides is 1. The smallest absolute Gasteiger partial charge is 0.253 e. The van der Waals surface area contributed by atoms with E-state index in [2.05, 4.69) is 10.3 Å². The second-order valence-corrected chi connectivity index (χ2v) is 5.22. The highest BCUT2D eigenvalue weighted by atomic mass is 35.5. The van der Waals surface area contributed by atoms with E-state index in [-0.39, 0.29) is 11.9 Å². The van der Waals surface area contributed by atoms with Gasteiger partial charge in [0.25, 0.3) is 5.91 Å². The Morgan fingerprint density at radius 3 is 2.90 bits per heavy atom. The number of aromatic nitrogens is 1. The van der Waals surface area contributed by atoms with E-state index in [1.165, 1.54) is 0 Å². The zero-order valence-corrected chi connectivity index (χ0v) is 12.5. The lowest BCUT2D eigenvalue weighted by molar-refractivity contribution is 0.0904. The minimum absolute atomic E-state index is 0.0483. The number of hydrogen-bond acceptors (Lipinski definition) is 3. The monoisotopic (exact) mass is 292 g/mol. The topological polar surface area (TPSA) is 51.2 Å². The molecule has 2 rings (SSSR count). The molecule has 1 N–H and O–H groups in total. The van der Waals surface area contributed by atoms with E-state index in [1.807, 2.05) is 26.0 Å². The number of nitrogens with one attached hydrogen (secondary N) is 1. The first-order valence-corrected chi connectivity index (χ1v) is 6.75. The average molecular weight is 293 g/mol. The fourth-order valence-corrected chi connectivity index (χ4v) is 2.23. The van der Waals surface area contributed by atoms with Crippen LogP contribution in [0, 0.1) is 6.92 Å². The number of nitrogens with zero attached hydrogens (tertiary/aromatic N) is 1. The highest BCUT2D eigenvalue weighted by molar-refractivity contribution is 6.31. The molecule has 1 heterocycles. The molecule has 106 valence electrons. The van der Waals surface area contributed by atoms with Crippen molar-refractivity contribution in [2.24, 2.45) is 0 Å². The number of carbonyl (C=O) groups excluding carboxylic acids is 1. The molecule has 1 unspecified atom stereocenters. The second kappa shape index (κ2) is 6.20. The average Bonchev–Trinajstić information content (AvgIpc) is 2.37. The Labute approximate surface area is 123 Å². The predicted octanol–water partition coefficient (Wildman–Crippen LogP) is 2.96. The molecule has 0 fully saturated rings. The van der Waals surface area contributed by atoms with Gasteiger partial charge in [0.2, 0.25) is 0 Å². The van der Waals surface area contributed by atoms with Gasteiger partial charge in [-0.2, -0.15) is 0 Å². The van der Waals surface area contributed by atoms with E-state index in [0.29, 0.717) is 22.9 Å². The standard InChI is InChI=1S/C15H17ClN2O2/c1-9(8-20-3)17-15(19)13-6-11-4-5-12(16)7-14(11)18-10(13)2/h4-7,9H,8H2,1-3H3,(H,17,19). The van der Waals surface area contributed by atoms with Gasteiger partial charge in [-0.1, -0.05) is 17.7 Å². The van der Waals surface area contributed by atoms with Crippen LogP contribution in [-0.2, 0) is 4.74 Å². The molecule has 0 spiro atoms. The van der Waals surface area contributed by atoms with Crippen molar-refractivity contribution in [3.63, 3.8) is 0 Å². The van der Waals surface area contributed by atoms with Gasteiger partial charge in [0.1, 0.15) is 0 Å². The lowest BCUT2D eigenvalue weighted by atomic mass is 10.1. The number of ether oxygens (including phenoxy) is 1. The quantitative estimate of drug-likeness (QED) is 0.942. The van der Waals surface area contributed by atoms with E-state index in [4.69, 9.17) is 16.3 Å². The van der Waals surface area contributed by atoms with Crippen molar-refractivity contribution in [2.45, 2.75) is 19.9 Å². The van der Waals surface area contributed by atoms with Gasteiger partial charge in [-0.25, -0.2) is 0 Å². The summed E-state index contributed by atoms with van der Waals surface area (Å²) in [5.41, 5.74) is 2.04. The highest BCUT2D eigenvalue weighted by Crippen LogP contribution is 2.20. The molecule has 1 aromatic carbocycles. The Bertz CT molecular complexity index is 643. The third-order valence-corrected chi connectivity index (χ3v) is 3.24. The van der Waals surface area contributed by atoms with Crippen LogP contribution >= 0.6 is 11.6 Å². The summed E-state index contributed by atoms with van der Waals surface area (Å²) in [6.07, 6.45) is 0. The molecule has 0 saturated carbocycles. The number of rotatable bonds is 4. The van der Waals surface area contributed by atoms with Gasteiger partial charge in [-0.15, -0.1) is 0 Å². The van der Waals surface area contributed by atoms with Crippen molar-refractivity contribution < 1.29 is 9.53 Å². The van der Waals surface area contributed by atoms with Gasteiger partial charge in [0, 0.05) is 23.6 Å². The largest absolute Gasteiger partial charge is 0.383 e. The summed E-state index contributed by atoms with van der Waals surface area (Å²) in [6.45, 7) is 4.18. The van der Waals surface area contributed by atoms with Gasteiger partial charge >= 0.3 is 0 Å². The molecule has 5 heteroatoms. The Kier molecular flexibility index (Phi) is 4.57. The summed E-state index contributed by atoms with van der Waals surface area (Å²) in [4.78, 5) is 16.7. The number of aryl methyl sites for hydroxylation is 1. The molecule has 0 aliphatic carbocycles. The maximum absolute atomic E-state index is 12.2. The Hall–Kier alpha value is -1.65. The summed E-state index contributed by atoms with van der Waals surface area (Å²) >= 11 is 5.94. The summed E-state index contributed by atoms with van der Waals surface area (Å²) in [5, 5.41) is 4.41. The van der Waals surface area contributed by atoms with Crippen molar-refractivity contribution in [2.75, 3.05) is 13.7 Å². The van der Waals surface area contributed by atoms with Gasteiger partial charge in [-0.3, -0.25) is 9.78 Å². The lowest BCUT2D eigenvalue weighted by Gasteiger charge is -2.14. The predicted molar refractivity (Wildman–Crippen MR) is 80.3 cm³/mol. The molecule has 1 aromatic heterocycles. The third kappa shape index (κ3) is 3.26. The summed E-state index contributed by atoms with van der Waals surface area (Å²) in [6, 6.07) is 7.23. The maximum atomic E-state index is 12.2. The number of fused-ring (bicyclic) bond motifs is 1. The van der Waals surface area contributed by atoms with E-state index in [0.717, 1.165) is 10.9 Å². The molecule has 4 nitrogen and oxygen atoms in total. The third-order valence-electron chi connectivity index (χ3n) is 3.01. The van der Waals surface area contributed by atoms with Crippen LogP contribution in [0.4, 0.5) is 0 Å². The van der Waals surface area contributed by atoms with Crippen LogP contribution in [0.1, 0.15) is 23.0 Å². The fourth-order valence-electron chi connectivity index (χ4n) is 2.06. The zero-order valence-electron chi connectivity index (χ0n) is 11.7. The van der Waals surface area contributed by atoms with E-state index < -0.39 is 0 Å². The summed E-state index contributed by atoms with van der Waals surface area (Å²) in [5.74, 6) is -0.142. The van der Waals surface area contributed by atoms with Crippen LogP contribution in [0.25, 0.3) is 10.9 Å². The van der Waals surface area contributed by atoms with E-state index in [9.17, 15) is 4.79 Å². The molecule has 0 aliphatic rings. The molecule has 0 aliphatic heterocycles. The van der Waals surface area contributed by atoms with Crippen LogP contribution in [-0.4, -0.2) is 30.6 Å². The number of halogens is 1. The molecular weight excluding hydrogens is 276 g/mol. The van der Waals surface area contributed by atoms with Crippen LogP contribution < -0.4 is 5.32 Å². The van der Waals surface area contributed by atoms with Crippen LogP contribution in [0.3, 0.4) is 0 Å². The number of hydrogen-bond donors (Lipinski definition) is 1. The lowest BCUT2D eigenvalue weighted by Crippen LogP contribution is -2.36. The molecule has 1 atom stereocenters. The van der Waals surface area contributed by atoms with Crippen LogP contribution in [0.5, 0.6) is 0 Å². The van der Waals surface area contributed by atoms with E-state index >= 15 is 0 Å². The maximum Gasteiger partial charge on any atom is 0.253 e. The van der Waals surface area contributed by atoms with Gasteiger partial charge in [0.15, 0.2) is 0 Å². The first-order chi connectivity index (χ1) is 9.51. The Balaban J connectivity index is 2.32. The molecule has 1 amide bonds. The first kappa shape index (κ1) is 14.8. The molecule has 0 bridgehead atoms.